The third kappa shape index (κ3) is 4.83. The second-order valence-electron chi connectivity index (χ2n) is 7.34. The Hall–Kier alpha value is -2.80. The Morgan fingerprint density at radius 2 is 1.75 bits per heavy atom. The van der Waals surface area contributed by atoms with Crippen LogP contribution in [-0.4, -0.2) is 21.2 Å². The molecule has 162 valence electrons. The third-order valence-corrected chi connectivity index (χ3v) is 6.19. The fourth-order valence-corrected chi connectivity index (χ4v) is 4.76. The van der Waals surface area contributed by atoms with Gasteiger partial charge in [-0.3, -0.25) is 14.2 Å². The maximum atomic E-state index is 13.4. The molecule has 0 atom stereocenters. The number of thioether (sulfide) groups is 1. The maximum absolute atomic E-state index is 13.4. The van der Waals surface area contributed by atoms with Gasteiger partial charge in [0.1, 0.15) is 0 Å². The van der Waals surface area contributed by atoms with E-state index in [2.05, 4.69) is 10.3 Å². The summed E-state index contributed by atoms with van der Waals surface area (Å²) in [5, 5.41) is 4.61. The van der Waals surface area contributed by atoms with Crippen molar-refractivity contribution in [1.29, 1.82) is 0 Å². The number of anilines is 1. The summed E-state index contributed by atoms with van der Waals surface area (Å²) in [5.74, 6) is -0.206. The summed E-state index contributed by atoms with van der Waals surface area (Å²) in [7, 11) is 0. The molecule has 0 saturated heterocycles. The van der Waals surface area contributed by atoms with E-state index in [0.29, 0.717) is 31.8 Å². The van der Waals surface area contributed by atoms with Gasteiger partial charge >= 0.3 is 0 Å². The number of halogens is 2. The molecular formula is C24H19Cl2N3O2S. The van der Waals surface area contributed by atoms with E-state index < -0.39 is 0 Å². The van der Waals surface area contributed by atoms with Crippen molar-refractivity contribution in [2.24, 2.45) is 0 Å². The largest absolute Gasteiger partial charge is 0.325 e. The molecule has 3 aromatic carbocycles. The molecule has 0 radical (unpaired) electrons. The van der Waals surface area contributed by atoms with Crippen molar-refractivity contribution in [3.8, 4) is 5.69 Å². The highest BCUT2D eigenvalue weighted by Crippen LogP contribution is 2.25. The highest BCUT2D eigenvalue weighted by Gasteiger charge is 2.16. The highest BCUT2D eigenvalue weighted by atomic mass is 35.5. The minimum absolute atomic E-state index is 0.0554. The lowest BCUT2D eigenvalue weighted by atomic mass is 10.1. The number of nitrogens with zero attached hydrogens (tertiary/aromatic N) is 2. The molecule has 32 heavy (non-hydrogen) atoms. The molecule has 0 unspecified atom stereocenters. The molecule has 4 aromatic rings. The predicted molar refractivity (Wildman–Crippen MR) is 133 cm³/mol. The van der Waals surface area contributed by atoms with Crippen molar-refractivity contribution in [2.75, 3.05) is 11.1 Å². The second kappa shape index (κ2) is 9.36. The summed E-state index contributed by atoms with van der Waals surface area (Å²) in [6.07, 6.45) is 0. The Bertz CT molecular complexity index is 1380. The molecule has 0 spiro atoms. The SMILES string of the molecule is Cc1ccc(-n2c(SCC(=O)Nc3cc(Cl)cc(Cl)c3)nc3ccccc3c2=O)c(C)c1. The number of aromatic nitrogens is 2. The monoisotopic (exact) mass is 483 g/mol. The summed E-state index contributed by atoms with van der Waals surface area (Å²) in [6, 6.07) is 17.9. The molecule has 0 fully saturated rings. The number of hydrogen-bond donors (Lipinski definition) is 1. The molecule has 0 aliphatic heterocycles. The van der Waals surface area contributed by atoms with Crippen LogP contribution in [0.3, 0.4) is 0 Å². The number of benzene rings is 3. The van der Waals surface area contributed by atoms with E-state index in [1.165, 1.54) is 11.8 Å². The third-order valence-electron chi connectivity index (χ3n) is 4.82. The van der Waals surface area contributed by atoms with Crippen molar-refractivity contribution < 1.29 is 4.79 Å². The van der Waals surface area contributed by atoms with Crippen molar-refractivity contribution in [3.05, 3.63) is 92.2 Å². The van der Waals surface area contributed by atoms with Crippen LogP contribution >= 0.6 is 35.0 Å². The molecule has 5 nitrogen and oxygen atoms in total. The van der Waals surface area contributed by atoms with Gasteiger partial charge in [-0.1, -0.05) is 64.8 Å². The highest BCUT2D eigenvalue weighted by molar-refractivity contribution is 7.99. The summed E-state index contributed by atoms with van der Waals surface area (Å²) >= 11 is 13.2. The molecule has 8 heteroatoms. The van der Waals surface area contributed by atoms with Gasteiger partial charge in [-0.05, 0) is 55.8 Å². The zero-order valence-electron chi connectivity index (χ0n) is 17.4. The summed E-state index contributed by atoms with van der Waals surface area (Å²) < 4.78 is 1.57. The van der Waals surface area contributed by atoms with E-state index in [-0.39, 0.29) is 17.2 Å². The minimum atomic E-state index is -0.261. The van der Waals surface area contributed by atoms with Crippen molar-refractivity contribution >= 4 is 57.5 Å². The van der Waals surface area contributed by atoms with Crippen LogP contribution in [0, 0.1) is 13.8 Å². The van der Waals surface area contributed by atoms with Crippen LogP contribution in [0.2, 0.25) is 10.0 Å². The molecule has 0 aliphatic rings. The van der Waals surface area contributed by atoms with Gasteiger partial charge in [0.25, 0.3) is 5.56 Å². The summed E-state index contributed by atoms with van der Waals surface area (Å²) in [5.41, 5.74) is 3.70. The number of carbonyl (C=O) groups is 1. The molecule has 1 N–H and O–H groups in total. The number of aryl methyl sites for hydroxylation is 2. The van der Waals surface area contributed by atoms with Gasteiger partial charge in [0, 0.05) is 15.7 Å². The van der Waals surface area contributed by atoms with Crippen molar-refractivity contribution in [2.45, 2.75) is 19.0 Å². The number of nitrogens with one attached hydrogen (secondary N) is 1. The van der Waals surface area contributed by atoms with E-state index in [1.54, 1.807) is 34.9 Å². The Morgan fingerprint density at radius 3 is 2.47 bits per heavy atom. The lowest BCUT2D eigenvalue weighted by molar-refractivity contribution is -0.113. The smallest absolute Gasteiger partial charge is 0.266 e. The molecule has 0 saturated carbocycles. The number of amides is 1. The van der Waals surface area contributed by atoms with Crippen molar-refractivity contribution in [1.82, 2.24) is 9.55 Å². The first kappa shape index (κ1) is 22.4. The molecule has 1 aromatic heterocycles. The fraction of sp³-hybridized carbons (Fsp3) is 0.125. The number of hydrogen-bond acceptors (Lipinski definition) is 4. The topological polar surface area (TPSA) is 64.0 Å². The zero-order chi connectivity index (χ0) is 22.8. The van der Waals surface area contributed by atoms with Crippen LogP contribution < -0.4 is 10.9 Å². The van der Waals surface area contributed by atoms with Gasteiger partial charge in [0.15, 0.2) is 5.16 Å². The predicted octanol–water partition coefficient (Wildman–Crippen LogP) is 6.04. The van der Waals surface area contributed by atoms with Crippen LogP contribution in [0.4, 0.5) is 5.69 Å². The van der Waals surface area contributed by atoms with E-state index in [4.69, 9.17) is 23.2 Å². The molecule has 4 rings (SSSR count). The lowest BCUT2D eigenvalue weighted by Crippen LogP contribution is -2.23. The average molecular weight is 484 g/mol. The number of para-hydroxylation sites is 1. The Balaban J connectivity index is 1.69. The Kier molecular flexibility index (Phi) is 6.55. The molecule has 1 heterocycles. The van der Waals surface area contributed by atoms with E-state index in [1.807, 2.05) is 44.2 Å². The van der Waals surface area contributed by atoms with Crippen LogP contribution in [-0.2, 0) is 4.79 Å². The summed E-state index contributed by atoms with van der Waals surface area (Å²) in [4.78, 5) is 30.6. The first-order valence-corrected chi connectivity index (χ1v) is 11.5. The molecule has 1 amide bonds. The molecule has 0 bridgehead atoms. The van der Waals surface area contributed by atoms with Gasteiger partial charge in [0.2, 0.25) is 5.91 Å². The number of rotatable bonds is 5. The van der Waals surface area contributed by atoms with Crippen LogP contribution in [0.25, 0.3) is 16.6 Å². The number of fused-ring (bicyclic) bond motifs is 1. The van der Waals surface area contributed by atoms with E-state index in [9.17, 15) is 9.59 Å². The number of carbonyl (C=O) groups excluding carboxylic acids is 1. The summed E-state index contributed by atoms with van der Waals surface area (Å²) in [6.45, 7) is 3.95. The van der Waals surface area contributed by atoms with Gasteiger partial charge in [-0.25, -0.2) is 4.98 Å². The lowest BCUT2D eigenvalue weighted by Gasteiger charge is -2.15. The Labute approximate surface area is 199 Å². The van der Waals surface area contributed by atoms with Gasteiger partial charge in [-0.15, -0.1) is 0 Å². The average Bonchev–Trinajstić information content (AvgIpc) is 2.72. The standard InChI is InChI=1S/C24H19Cl2N3O2S/c1-14-7-8-21(15(2)9-14)29-23(31)19-5-3-4-6-20(19)28-24(29)32-13-22(30)27-18-11-16(25)10-17(26)12-18/h3-12H,13H2,1-2H3,(H,27,30). The fourth-order valence-electron chi connectivity index (χ4n) is 3.43. The van der Waals surface area contributed by atoms with E-state index >= 15 is 0 Å². The molecule has 0 aliphatic carbocycles. The first-order chi connectivity index (χ1) is 15.3. The molecular weight excluding hydrogens is 465 g/mol. The Morgan fingerprint density at radius 1 is 1.03 bits per heavy atom. The van der Waals surface area contributed by atoms with Crippen LogP contribution in [0.15, 0.2) is 70.6 Å². The zero-order valence-corrected chi connectivity index (χ0v) is 19.7. The maximum Gasteiger partial charge on any atom is 0.266 e. The van der Waals surface area contributed by atoms with Gasteiger partial charge in [-0.2, -0.15) is 0 Å². The minimum Gasteiger partial charge on any atom is -0.325 e. The van der Waals surface area contributed by atoms with Gasteiger partial charge < -0.3 is 5.32 Å². The second-order valence-corrected chi connectivity index (χ2v) is 9.15. The van der Waals surface area contributed by atoms with Crippen LogP contribution in [0.5, 0.6) is 0 Å². The van der Waals surface area contributed by atoms with Crippen molar-refractivity contribution in [3.63, 3.8) is 0 Å². The quantitative estimate of drug-likeness (QED) is 0.277. The first-order valence-electron chi connectivity index (χ1n) is 9.80. The van der Waals surface area contributed by atoms with Crippen LogP contribution in [0.1, 0.15) is 11.1 Å². The van der Waals surface area contributed by atoms with E-state index in [0.717, 1.165) is 16.8 Å². The normalized spacial score (nSPS) is 11.0. The van der Waals surface area contributed by atoms with Gasteiger partial charge in [0.05, 0.1) is 22.3 Å².